The van der Waals surface area contributed by atoms with Crippen LogP contribution in [0.5, 0.6) is 0 Å². The van der Waals surface area contributed by atoms with E-state index in [1.54, 1.807) is 6.07 Å². The van der Waals surface area contributed by atoms with Gasteiger partial charge in [0.1, 0.15) is 0 Å². The second kappa shape index (κ2) is 7.00. The first-order valence-corrected chi connectivity index (χ1v) is 9.62. The fourth-order valence-electron chi connectivity index (χ4n) is 2.77. The quantitative estimate of drug-likeness (QED) is 0.721. The second-order valence-corrected chi connectivity index (χ2v) is 7.93. The number of hydrogen-bond donors (Lipinski definition) is 0. The third-order valence-electron chi connectivity index (χ3n) is 3.87. The molecule has 0 aromatic carbocycles. The molecule has 5 nitrogen and oxygen atoms in total. The molecule has 118 valence electrons. The lowest BCUT2D eigenvalue weighted by Crippen LogP contribution is -2.46. The Morgan fingerprint density at radius 1 is 1.43 bits per heavy atom. The maximum atomic E-state index is 12.6. The number of thiophene rings is 1. The lowest BCUT2D eigenvalue weighted by Gasteiger charge is -2.29. The van der Waals surface area contributed by atoms with Crippen LogP contribution in [0.4, 0.5) is 0 Å². The molecule has 1 saturated heterocycles. The number of rotatable bonds is 7. The summed E-state index contributed by atoms with van der Waals surface area (Å²) in [6.45, 7) is 5.11. The van der Waals surface area contributed by atoms with E-state index in [2.05, 4.69) is 0 Å². The first kappa shape index (κ1) is 16.6. The molecule has 0 radical (unpaired) electrons. The Balaban J connectivity index is 2.12. The molecule has 1 aromatic heterocycles. The van der Waals surface area contributed by atoms with Gasteiger partial charge in [-0.3, -0.25) is 4.79 Å². The number of carbonyl (C=O) groups is 1. The zero-order valence-corrected chi connectivity index (χ0v) is 14.1. The predicted octanol–water partition coefficient (Wildman–Crippen LogP) is 2.37. The summed E-state index contributed by atoms with van der Waals surface area (Å²) in [4.78, 5) is 12.9. The molecule has 0 N–H and O–H groups in total. The third-order valence-corrected chi connectivity index (χ3v) is 7.02. The van der Waals surface area contributed by atoms with Crippen molar-refractivity contribution in [1.82, 2.24) is 8.61 Å². The van der Waals surface area contributed by atoms with Crippen LogP contribution < -0.4 is 0 Å². The van der Waals surface area contributed by atoms with Crippen LogP contribution in [0.3, 0.4) is 0 Å². The average molecular weight is 330 g/mol. The van der Waals surface area contributed by atoms with Crippen molar-refractivity contribution < 1.29 is 13.2 Å². The summed E-state index contributed by atoms with van der Waals surface area (Å²) in [6, 6.07) is 3.44. The van der Waals surface area contributed by atoms with Crippen molar-refractivity contribution >= 4 is 27.3 Å². The van der Waals surface area contributed by atoms with Gasteiger partial charge in [-0.15, -0.1) is 11.3 Å². The molecule has 0 bridgehead atoms. The Kier molecular flexibility index (Phi) is 5.54. The molecule has 7 heteroatoms. The summed E-state index contributed by atoms with van der Waals surface area (Å²) in [5, 5.41) is 1.87. The van der Waals surface area contributed by atoms with Crippen LogP contribution in [0.25, 0.3) is 0 Å². The Morgan fingerprint density at radius 3 is 2.71 bits per heavy atom. The van der Waals surface area contributed by atoms with Crippen LogP contribution in [0.1, 0.15) is 42.8 Å². The van der Waals surface area contributed by atoms with Crippen molar-refractivity contribution in [1.29, 1.82) is 0 Å². The summed E-state index contributed by atoms with van der Waals surface area (Å²) in [5.74, 6) is 0.0386. The van der Waals surface area contributed by atoms with E-state index < -0.39 is 10.2 Å². The number of ketones is 1. The van der Waals surface area contributed by atoms with Crippen LogP contribution >= 0.6 is 11.3 Å². The lowest BCUT2D eigenvalue weighted by atomic mass is 10.1. The van der Waals surface area contributed by atoms with Gasteiger partial charge in [0, 0.05) is 32.1 Å². The smallest absolute Gasteiger partial charge is 0.282 e. The van der Waals surface area contributed by atoms with Crippen molar-refractivity contribution in [3.05, 3.63) is 22.4 Å². The number of Topliss-reactive ketones (excluding diaryl/α,β-unsaturated/α-hetero) is 1. The number of hydrogen-bond acceptors (Lipinski definition) is 4. The zero-order chi connectivity index (χ0) is 15.5. The van der Waals surface area contributed by atoms with Crippen molar-refractivity contribution in [2.45, 2.75) is 39.2 Å². The first-order valence-electron chi connectivity index (χ1n) is 7.34. The van der Waals surface area contributed by atoms with Crippen molar-refractivity contribution in [2.75, 3.05) is 19.6 Å². The van der Waals surface area contributed by atoms with E-state index in [1.165, 1.54) is 19.9 Å². The fourth-order valence-corrected chi connectivity index (χ4v) is 5.31. The van der Waals surface area contributed by atoms with E-state index in [-0.39, 0.29) is 18.2 Å². The van der Waals surface area contributed by atoms with E-state index in [0.29, 0.717) is 24.5 Å². The number of carbonyl (C=O) groups excluding carboxylic acids is 1. The van der Waals surface area contributed by atoms with Gasteiger partial charge in [0.25, 0.3) is 10.2 Å². The third kappa shape index (κ3) is 3.53. The minimum Gasteiger partial charge on any atom is -0.293 e. The summed E-state index contributed by atoms with van der Waals surface area (Å²) in [5.41, 5.74) is 0. The van der Waals surface area contributed by atoms with Crippen LogP contribution in [0.2, 0.25) is 0 Å². The minimum atomic E-state index is -3.45. The van der Waals surface area contributed by atoms with E-state index in [9.17, 15) is 13.2 Å². The SMILES string of the molecule is CCN(CC)S(=O)(=O)N1CCCC1CC(=O)c1cccs1. The van der Waals surface area contributed by atoms with E-state index in [0.717, 1.165) is 12.8 Å². The Hall–Kier alpha value is -0.760. The molecule has 2 rings (SSSR count). The molecule has 0 saturated carbocycles. The molecule has 2 heterocycles. The van der Waals surface area contributed by atoms with E-state index in [4.69, 9.17) is 0 Å². The predicted molar refractivity (Wildman–Crippen MR) is 84.8 cm³/mol. The second-order valence-electron chi connectivity index (χ2n) is 5.10. The minimum absolute atomic E-state index is 0.0386. The molecule has 1 fully saturated rings. The van der Waals surface area contributed by atoms with Gasteiger partial charge in [-0.05, 0) is 24.3 Å². The normalized spacial score (nSPS) is 20.2. The van der Waals surface area contributed by atoms with Gasteiger partial charge in [-0.1, -0.05) is 19.9 Å². The van der Waals surface area contributed by atoms with E-state index >= 15 is 0 Å². The molecule has 1 unspecified atom stereocenters. The molecular formula is C14H22N2O3S2. The molecule has 1 atom stereocenters. The Bertz CT molecular complexity index is 565. The average Bonchev–Trinajstić information content (AvgIpc) is 3.10. The molecule has 1 aliphatic rings. The van der Waals surface area contributed by atoms with Gasteiger partial charge in [0.2, 0.25) is 0 Å². The summed E-state index contributed by atoms with van der Waals surface area (Å²) in [7, 11) is -3.45. The standard InChI is InChI=1S/C14H22N2O3S2/c1-3-15(4-2)21(18,19)16-9-5-7-12(16)11-13(17)14-8-6-10-20-14/h6,8,10,12H,3-5,7,9,11H2,1-2H3. The summed E-state index contributed by atoms with van der Waals surface area (Å²) < 4.78 is 28.2. The molecule has 1 aliphatic heterocycles. The molecular weight excluding hydrogens is 308 g/mol. The van der Waals surface area contributed by atoms with Crippen LogP contribution in [0, 0.1) is 0 Å². The summed E-state index contributed by atoms with van der Waals surface area (Å²) in [6.07, 6.45) is 1.86. The first-order chi connectivity index (χ1) is 10.0. The molecule has 21 heavy (non-hydrogen) atoms. The van der Waals surface area contributed by atoms with Gasteiger partial charge < -0.3 is 0 Å². The maximum Gasteiger partial charge on any atom is 0.282 e. The zero-order valence-electron chi connectivity index (χ0n) is 12.5. The van der Waals surface area contributed by atoms with Crippen LogP contribution in [-0.2, 0) is 10.2 Å². The highest BCUT2D eigenvalue weighted by atomic mass is 32.2. The molecule has 1 aromatic rings. The van der Waals surface area contributed by atoms with Gasteiger partial charge in [0.05, 0.1) is 4.88 Å². The van der Waals surface area contributed by atoms with Crippen molar-refractivity contribution in [2.24, 2.45) is 0 Å². The largest absolute Gasteiger partial charge is 0.293 e. The van der Waals surface area contributed by atoms with Gasteiger partial charge in [0.15, 0.2) is 5.78 Å². The van der Waals surface area contributed by atoms with Gasteiger partial charge >= 0.3 is 0 Å². The van der Waals surface area contributed by atoms with Crippen LogP contribution in [-0.4, -0.2) is 48.5 Å². The van der Waals surface area contributed by atoms with Crippen molar-refractivity contribution in [3.8, 4) is 0 Å². The van der Waals surface area contributed by atoms with Gasteiger partial charge in [-0.2, -0.15) is 17.0 Å². The van der Waals surface area contributed by atoms with E-state index in [1.807, 2.05) is 25.3 Å². The summed E-state index contributed by atoms with van der Waals surface area (Å²) >= 11 is 1.41. The molecule has 0 aliphatic carbocycles. The highest BCUT2D eigenvalue weighted by Crippen LogP contribution is 2.27. The number of nitrogens with zero attached hydrogens (tertiary/aromatic N) is 2. The lowest BCUT2D eigenvalue weighted by molar-refractivity contribution is 0.0964. The highest BCUT2D eigenvalue weighted by molar-refractivity contribution is 7.86. The Morgan fingerprint density at radius 2 is 2.14 bits per heavy atom. The topological polar surface area (TPSA) is 57.7 Å². The molecule has 0 amide bonds. The van der Waals surface area contributed by atoms with Gasteiger partial charge in [-0.25, -0.2) is 0 Å². The van der Waals surface area contributed by atoms with Crippen molar-refractivity contribution in [3.63, 3.8) is 0 Å². The maximum absolute atomic E-state index is 12.6. The molecule has 0 spiro atoms. The van der Waals surface area contributed by atoms with Crippen LogP contribution in [0.15, 0.2) is 17.5 Å². The fraction of sp³-hybridized carbons (Fsp3) is 0.643. The monoisotopic (exact) mass is 330 g/mol. The Labute approximate surface area is 130 Å². The highest BCUT2D eigenvalue weighted by Gasteiger charge is 2.38.